The van der Waals surface area contributed by atoms with E-state index in [1.807, 2.05) is 11.8 Å². The van der Waals surface area contributed by atoms with Crippen LogP contribution in [0.1, 0.15) is 33.1 Å². The van der Waals surface area contributed by atoms with Crippen LogP contribution in [-0.2, 0) is 0 Å². The number of nitrogens with zero attached hydrogens (tertiary/aromatic N) is 4. The van der Waals surface area contributed by atoms with Crippen LogP contribution in [0.4, 0.5) is 11.9 Å². The minimum atomic E-state index is -0.307. The second kappa shape index (κ2) is 7.23. The maximum atomic E-state index is 9.62. The maximum absolute atomic E-state index is 9.62. The molecular formula is C13H23N5O2. The minimum absolute atomic E-state index is 0.307. The van der Waals surface area contributed by atoms with Crippen molar-refractivity contribution in [2.75, 3.05) is 36.5 Å². The van der Waals surface area contributed by atoms with Crippen molar-refractivity contribution in [1.82, 2.24) is 15.0 Å². The van der Waals surface area contributed by atoms with Gasteiger partial charge in [0.05, 0.1) is 12.7 Å². The van der Waals surface area contributed by atoms with Crippen molar-refractivity contribution >= 4 is 11.9 Å². The fourth-order valence-electron chi connectivity index (χ4n) is 1.98. The number of anilines is 2. The van der Waals surface area contributed by atoms with Gasteiger partial charge in [-0.3, -0.25) is 0 Å². The summed E-state index contributed by atoms with van der Waals surface area (Å²) in [5.74, 6) is 1.10. The van der Waals surface area contributed by atoms with E-state index in [1.165, 1.54) is 0 Å². The van der Waals surface area contributed by atoms with Gasteiger partial charge in [0.2, 0.25) is 11.9 Å². The summed E-state index contributed by atoms with van der Waals surface area (Å²) in [7, 11) is 0. The highest BCUT2D eigenvalue weighted by Crippen LogP contribution is 2.19. The van der Waals surface area contributed by atoms with Crippen molar-refractivity contribution in [3.05, 3.63) is 0 Å². The van der Waals surface area contributed by atoms with E-state index in [1.54, 1.807) is 0 Å². The Bertz CT molecular complexity index is 403. The molecule has 1 unspecified atom stereocenters. The number of rotatable bonds is 7. The van der Waals surface area contributed by atoms with Gasteiger partial charge < -0.3 is 20.1 Å². The standard InChI is InChI=1S/C13H23N5O2/c1-3-6-14-11-15-12(18-7-5-10(19)9-18)17-13(16-11)20-8-4-2/h10,19H,3-9H2,1-2H3,(H,14,15,16,17). The van der Waals surface area contributed by atoms with Crippen molar-refractivity contribution in [3.63, 3.8) is 0 Å². The molecule has 1 fully saturated rings. The SMILES string of the molecule is CCCNc1nc(OCCC)nc(N2CCC(O)C2)n1. The largest absolute Gasteiger partial charge is 0.463 e. The van der Waals surface area contributed by atoms with E-state index in [9.17, 15) is 5.11 Å². The maximum Gasteiger partial charge on any atom is 0.323 e. The van der Waals surface area contributed by atoms with Gasteiger partial charge in [-0.05, 0) is 19.3 Å². The first-order chi connectivity index (χ1) is 9.72. The van der Waals surface area contributed by atoms with Gasteiger partial charge in [-0.25, -0.2) is 0 Å². The molecule has 1 saturated heterocycles. The molecule has 1 atom stereocenters. The van der Waals surface area contributed by atoms with Crippen molar-refractivity contribution in [1.29, 1.82) is 0 Å². The third kappa shape index (κ3) is 3.93. The van der Waals surface area contributed by atoms with Crippen LogP contribution in [0.25, 0.3) is 0 Å². The summed E-state index contributed by atoms with van der Waals surface area (Å²) in [6, 6.07) is 0.344. The molecule has 0 amide bonds. The van der Waals surface area contributed by atoms with E-state index >= 15 is 0 Å². The molecule has 0 saturated carbocycles. The highest BCUT2D eigenvalue weighted by atomic mass is 16.5. The van der Waals surface area contributed by atoms with Crippen LogP contribution in [0, 0.1) is 0 Å². The molecule has 0 bridgehead atoms. The molecule has 0 radical (unpaired) electrons. The summed E-state index contributed by atoms with van der Waals surface area (Å²) in [6.07, 6.45) is 2.34. The van der Waals surface area contributed by atoms with Gasteiger partial charge >= 0.3 is 6.01 Å². The first-order valence-electron chi connectivity index (χ1n) is 7.28. The molecule has 1 aromatic rings. The zero-order valence-electron chi connectivity index (χ0n) is 12.2. The summed E-state index contributed by atoms with van der Waals surface area (Å²) in [5, 5.41) is 12.8. The predicted octanol–water partition coefficient (Wildman–Crippen LogP) is 1.05. The summed E-state index contributed by atoms with van der Waals surface area (Å²) in [4.78, 5) is 14.9. The number of aliphatic hydroxyl groups is 1. The molecule has 1 aromatic heterocycles. The first-order valence-corrected chi connectivity index (χ1v) is 7.28. The van der Waals surface area contributed by atoms with Crippen molar-refractivity contribution in [3.8, 4) is 6.01 Å². The summed E-state index contributed by atoms with van der Waals surface area (Å²) >= 11 is 0. The zero-order chi connectivity index (χ0) is 14.4. The fraction of sp³-hybridized carbons (Fsp3) is 0.769. The molecule has 112 valence electrons. The van der Waals surface area contributed by atoms with E-state index < -0.39 is 0 Å². The summed E-state index contributed by atoms with van der Waals surface area (Å²) in [6.45, 7) is 6.82. The second-order valence-electron chi connectivity index (χ2n) is 4.91. The molecule has 0 spiro atoms. The summed E-state index contributed by atoms with van der Waals surface area (Å²) in [5.41, 5.74) is 0. The van der Waals surface area contributed by atoms with Crippen LogP contribution >= 0.6 is 0 Å². The smallest absolute Gasteiger partial charge is 0.323 e. The lowest BCUT2D eigenvalue weighted by Gasteiger charge is -2.17. The van der Waals surface area contributed by atoms with Crippen LogP contribution in [0.15, 0.2) is 0 Å². The number of hydrogen-bond acceptors (Lipinski definition) is 7. The minimum Gasteiger partial charge on any atom is -0.463 e. The van der Waals surface area contributed by atoms with Gasteiger partial charge in [0.25, 0.3) is 0 Å². The van der Waals surface area contributed by atoms with Gasteiger partial charge in [0.15, 0.2) is 0 Å². The van der Waals surface area contributed by atoms with E-state index in [2.05, 4.69) is 27.2 Å². The Kier molecular flexibility index (Phi) is 5.34. The molecule has 0 aliphatic carbocycles. The van der Waals surface area contributed by atoms with Crippen LogP contribution in [0.3, 0.4) is 0 Å². The number of β-amino-alcohol motifs (C(OH)–C–C–N with tert-alkyl or cyclic N) is 1. The number of aromatic nitrogens is 3. The highest BCUT2D eigenvalue weighted by Gasteiger charge is 2.23. The lowest BCUT2D eigenvalue weighted by molar-refractivity contribution is 0.198. The molecule has 7 heteroatoms. The molecule has 2 heterocycles. The van der Waals surface area contributed by atoms with Gasteiger partial charge in [0.1, 0.15) is 0 Å². The third-order valence-corrected chi connectivity index (χ3v) is 3.02. The lowest BCUT2D eigenvalue weighted by atomic mass is 10.3. The quantitative estimate of drug-likeness (QED) is 0.773. The second-order valence-corrected chi connectivity index (χ2v) is 4.91. The molecule has 2 N–H and O–H groups in total. The van der Waals surface area contributed by atoms with Crippen LogP contribution < -0.4 is 15.0 Å². The monoisotopic (exact) mass is 281 g/mol. The van der Waals surface area contributed by atoms with Gasteiger partial charge in [0, 0.05) is 19.6 Å². The van der Waals surface area contributed by atoms with Gasteiger partial charge in [-0.2, -0.15) is 15.0 Å². The molecule has 0 aromatic carbocycles. The Balaban J connectivity index is 2.15. The predicted molar refractivity (Wildman–Crippen MR) is 77.2 cm³/mol. The Morgan fingerprint density at radius 3 is 2.80 bits per heavy atom. The Labute approximate surface area is 119 Å². The highest BCUT2D eigenvalue weighted by molar-refractivity contribution is 5.39. The van der Waals surface area contributed by atoms with Crippen molar-refractivity contribution < 1.29 is 9.84 Å². The van der Waals surface area contributed by atoms with Crippen LogP contribution in [0.5, 0.6) is 6.01 Å². The van der Waals surface area contributed by atoms with E-state index in [0.29, 0.717) is 31.1 Å². The van der Waals surface area contributed by atoms with E-state index in [4.69, 9.17) is 4.74 Å². The number of ether oxygens (including phenoxy) is 1. The normalized spacial score (nSPS) is 18.4. The van der Waals surface area contributed by atoms with Gasteiger partial charge in [-0.15, -0.1) is 0 Å². The average molecular weight is 281 g/mol. The molecule has 7 nitrogen and oxygen atoms in total. The topological polar surface area (TPSA) is 83.4 Å². The molecule has 20 heavy (non-hydrogen) atoms. The fourth-order valence-corrected chi connectivity index (χ4v) is 1.98. The van der Waals surface area contributed by atoms with Crippen molar-refractivity contribution in [2.24, 2.45) is 0 Å². The first kappa shape index (κ1) is 14.8. The zero-order valence-corrected chi connectivity index (χ0v) is 12.2. The molecule has 1 aliphatic heterocycles. The van der Waals surface area contributed by atoms with Crippen molar-refractivity contribution in [2.45, 2.75) is 39.2 Å². The van der Waals surface area contributed by atoms with Crippen LogP contribution in [0.2, 0.25) is 0 Å². The molecule has 1 aliphatic rings. The molecular weight excluding hydrogens is 258 g/mol. The Morgan fingerprint density at radius 2 is 2.15 bits per heavy atom. The van der Waals surface area contributed by atoms with E-state index in [-0.39, 0.29) is 6.10 Å². The van der Waals surface area contributed by atoms with Gasteiger partial charge in [-0.1, -0.05) is 13.8 Å². The Morgan fingerprint density at radius 1 is 1.30 bits per heavy atom. The molecule has 2 rings (SSSR count). The number of nitrogens with one attached hydrogen (secondary N) is 1. The van der Waals surface area contributed by atoms with Crippen LogP contribution in [-0.4, -0.2) is 52.4 Å². The Hall–Kier alpha value is -1.63. The van der Waals surface area contributed by atoms with E-state index in [0.717, 1.165) is 32.4 Å². The number of aliphatic hydroxyl groups excluding tert-OH is 1. The average Bonchev–Trinajstić information content (AvgIpc) is 2.89. The number of hydrogen-bond donors (Lipinski definition) is 2. The third-order valence-electron chi connectivity index (χ3n) is 3.02. The lowest BCUT2D eigenvalue weighted by Crippen LogP contribution is -2.24. The summed E-state index contributed by atoms with van der Waals surface area (Å²) < 4.78 is 5.51.